The molecule has 13 heteroatoms. The predicted molar refractivity (Wildman–Crippen MR) is 146 cm³/mol. The normalized spacial score (nSPS) is 23.1. The van der Waals surface area contributed by atoms with Crippen molar-refractivity contribution in [3.8, 4) is 17.0 Å². The molecule has 0 radical (unpaired) electrons. The minimum Gasteiger partial charge on any atom is -0.491 e. The number of nitrogens with two attached hydrogens (primary N) is 1. The van der Waals surface area contributed by atoms with E-state index in [2.05, 4.69) is 30.5 Å². The van der Waals surface area contributed by atoms with Gasteiger partial charge in [0.25, 0.3) is 0 Å². The molecule has 5 N–H and O–H groups in total. The van der Waals surface area contributed by atoms with E-state index in [0.717, 1.165) is 23.7 Å². The molecule has 13 nitrogen and oxygen atoms in total. The van der Waals surface area contributed by atoms with E-state index in [1.807, 2.05) is 43.6 Å². The van der Waals surface area contributed by atoms with Crippen LogP contribution in [0.3, 0.4) is 0 Å². The smallest absolute Gasteiger partial charge is 0.223 e. The highest BCUT2D eigenvalue weighted by molar-refractivity contribution is 5.87. The Morgan fingerprint density at radius 1 is 1.15 bits per heavy atom. The van der Waals surface area contributed by atoms with Gasteiger partial charge in [0.2, 0.25) is 5.95 Å². The zero-order valence-electron chi connectivity index (χ0n) is 21.8. The zero-order valence-corrected chi connectivity index (χ0v) is 21.8. The van der Waals surface area contributed by atoms with Crippen molar-refractivity contribution in [3.63, 3.8) is 0 Å². The summed E-state index contributed by atoms with van der Waals surface area (Å²) in [5.41, 5.74) is 9.39. The number of nitrogen functional groups attached to an aromatic ring is 1. The van der Waals surface area contributed by atoms with Gasteiger partial charge in [0, 0.05) is 42.5 Å². The van der Waals surface area contributed by atoms with Gasteiger partial charge in [-0.2, -0.15) is 10.2 Å². The quantitative estimate of drug-likeness (QED) is 0.236. The summed E-state index contributed by atoms with van der Waals surface area (Å²) in [5.74, 6) is 1.44. The van der Waals surface area contributed by atoms with Crippen LogP contribution >= 0.6 is 0 Å². The lowest BCUT2D eigenvalue weighted by molar-refractivity contribution is -0.0187. The maximum Gasteiger partial charge on any atom is 0.223 e. The van der Waals surface area contributed by atoms with Crippen LogP contribution in [-0.4, -0.2) is 75.5 Å². The van der Waals surface area contributed by atoms with Gasteiger partial charge in [-0.3, -0.25) is 4.68 Å². The van der Waals surface area contributed by atoms with E-state index < -0.39 is 24.4 Å². The monoisotopic (exact) mass is 543 g/mol. The third-order valence-electron chi connectivity index (χ3n) is 7.66. The summed E-state index contributed by atoms with van der Waals surface area (Å²) in [6, 6.07) is 9.63. The molecule has 2 fully saturated rings. The van der Waals surface area contributed by atoms with Crippen molar-refractivity contribution >= 4 is 28.2 Å². The van der Waals surface area contributed by atoms with Crippen LogP contribution in [0.25, 0.3) is 27.7 Å². The SMILES string of the molecule is Cn1ccc(-c2cc([C@@H]3O[C@H](COc4ccc5cnc(NC6CCC6)nc5c4)[C@@H](O)[C@H]3O)n3ncnc(N)c23)n1. The number of aromatic nitrogens is 7. The molecule has 0 amide bonds. The molecule has 7 rings (SSSR count). The number of hydrogen-bond donors (Lipinski definition) is 4. The molecular formula is C27H29N9O4. The number of aliphatic hydroxyl groups excluding tert-OH is 2. The fraction of sp³-hybridized carbons (Fsp3) is 0.370. The first kappa shape index (κ1) is 24.7. The average Bonchev–Trinajstić information content (AvgIpc) is 3.61. The molecule has 1 aliphatic heterocycles. The number of nitrogens with zero attached hydrogens (tertiary/aromatic N) is 7. The fourth-order valence-corrected chi connectivity index (χ4v) is 5.26. The lowest BCUT2D eigenvalue weighted by atomic mass is 9.93. The first-order chi connectivity index (χ1) is 19.4. The topological polar surface area (TPSA) is 171 Å². The van der Waals surface area contributed by atoms with Crippen molar-refractivity contribution < 1.29 is 19.7 Å². The van der Waals surface area contributed by atoms with E-state index in [1.165, 1.54) is 12.7 Å². The van der Waals surface area contributed by atoms with Crippen LogP contribution in [0.5, 0.6) is 5.75 Å². The number of aryl methyl sites for hydroxylation is 1. The van der Waals surface area contributed by atoms with Gasteiger partial charge in [0.1, 0.15) is 48.6 Å². The molecule has 0 bridgehead atoms. The van der Waals surface area contributed by atoms with Crippen molar-refractivity contribution in [1.29, 1.82) is 0 Å². The van der Waals surface area contributed by atoms with Crippen LogP contribution in [0.2, 0.25) is 0 Å². The van der Waals surface area contributed by atoms with Gasteiger partial charge < -0.3 is 30.7 Å². The molecule has 1 aliphatic carbocycles. The van der Waals surface area contributed by atoms with Gasteiger partial charge in [0.15, 0.2) is 5.82 Å². The Bertz CT molecular complexity index is 1700. The molecule has 5 aromatic rings. The molecule has 2 aliphatic rings. The molecule has 1 aromatic carbocycles. The second-order valence-electron chi connectivity index (χ2n) is 10.3. The molecule has 4 atom stereocenters. The number of rotatable bonds is 7. The number of ether oxygens (including phenoxy) is 2. The Morgan fingerprint density at radius 2 is 2.02 bits per heavy atom. The van der Waals surface area contributed by atoms with Gasteiger partial charge >= 0.3 is 0 Å². The number of aliphatic hydroxyl groups is 2. The average molecular weight is 544 g/mol. The first-order valence-electron chi connectivity index (χ1n) is 13.2. The number of fused-ring (bicyclic) bond motifs is 2. The second-order valence-corrected chi connectivity index (χ2v) is 10.3. The summed E-state index contributed by atoms with van der Waals surface area (Å²) in [7, 11) is 1.82. The van der Waals surface area contributed by atoms with E-state index >= 15 is 0 Å². The minimum absolute atomic E-state index is 0.0199. The molecule has 1 saturated carbocycles. The van der Waals surface area contributed by atoms with Gasteiger partial charge in [-0.1, -0.05) is 0 Å². The van der Waals surface area contributed by atoms with Crippen molar-refractivity contribution in [2.45, 2.75) is 49.7 Å². The maximum absolute atomic E-state index is 11.0. The Kier molecular flexibility index (Phi) is 5.99. The zero-order chi connectivity index (χ0) is 27.4. The van der Waals surface area contributed by atoms with Gasteiger partial charge in [-0.25, -0.2) is 19.5 Å². The Balaban J connectivity index is 1.11. The summed E-state index contributed by atoms with van der Waals surface area (Å²) in [4.78, 5) is 13.2. The fourth-order valence-electron chi connectivity index (χ4n) is 5.26. The van der Waals surface area contributed by atoms with E-state index in [-0.39, 0.29) is 12.4 Å². The van der Waals surface area contributed by atoms with Gasteiger partial charge in [-0.15, -0.1) is 0 Å². The predicted octanol–water partition coefficient (Wildman–Crippen LogP) is 1.86. The van der Waals surface area contributed by atoms with E-state index in [1.54, 1.807) is 15.4 Å². The lowest BCUT2D eigenvalue weighted by Crippen LogP contribution is -2.34. The highest BCUT2D eigenvalue weighted by Crippen LogP contribution is 2.39. The van der Waals surface area contributed by atoms with Crippen molar-refractivity contribution in [1.82, 2.24) is 34.3 Å². The molecular weight excluding hydrogens is 514 g/mol. The van der Waals surface area contributed by atoms with Gasteiger partial charge in [-0.05, 0) is 43.5 Å². The third-order valence-corrected chi connectivity index (χ3v) is 7.66. The van der Waals surface area contributed by atoms with Crippen LogP contribution in [0.4, 0.5) is 11.8 Å². The first-order valence-corrected chi connectivity index (χ1v) is 13.2. The molecule has 5 heterocycles. The summed E-state index contributed by atoms with van der Waals surface area (Å²) in [5, 5.41) is 35.0. The van der Waals surface area contributed by atoms with Crippen molar-refractivity contribution in [3.05, 3.63) is 54.7 Å². The summed E-state index contributed by atoms with van der Waals surface area (Å²) >= 11 is 0. The number of nitrogens with one attached hydrogen (secondary N) is 1. The standard InChI is InChI=1S/C27H29N9O4/c1-35-8-7-18(34-35)17-10-20(36-22(17)26(28)30-13-31-36)25-24(38)23(37)21(40-25)12-39-16-6-5-14-11-29-27(33-19(14)9-16)32-15-3-2-4-15/h5-11,13,15,21,23-25,37-38H,2-4,12H2,1H3,(H2,28,30,31)(H,29,32,33)/t21-,23-,24-,25+/m1/s1. The van der Waals surface area contributed by atoms with Gasteiger partial charge in [0.05, 0.1) is 16.9 Å². The van der Waals surface area contributed by atoms with E-state index in [0.29, 0.717) is 40.2 Å². The minimum atomic E-state index is -1.22. The molecule has 4 aromatic heterocycles. The van der Waals surface area contributed by atoms with Crippen molar-refractivity contribution in [2.75, 3.05) is 17.7 Å². The molecule has 0 unspecified atom stereocenters. The highest BCUT2D eigenvalue weighted by Gasteiger charge is 2.45. The lowest BCUT2D eigenvalue weighted by Gasteiger charge is -2.26. The number of anilines is 2. The van der Waals surface area contributed by atoms with Crippen molar-refractivity contribution in [2.24, 2.45) is 7.05 Å². The summed E-state index contributed by atoms with van der Waals surface area (Å²) in [6.07, 6.45) is 4.35. The molecule has 1 saturated heterocycles. The molecule has 40 heavy (non-hydrogen) atoms. The largest absolute Gasteiger partial charge is 0.491 e. The van der Waals surface area contributed by atoms with Crippen LogP contribution in [0, 0.1) is 0 Å². The van der Waals surface area contributed by atoms with Crippen LogP contribution in [0.1, 0.15) is 31.1 Å². The van der Waals surface area contributed by atoms with E-state index in [9.17, 15) is 10.2 Å². The van der Waals surface area contributed by atoms with Crippen LogP contribution in [-0.2, 0) is 11.8 Å². The summed E-state index contributed by atoms with van der Waals surface area (Å²) in [6.45, 7) is 0.0199. The third kappa shape index (κ3) is 4.28. The molecule has 0 spiro atoms. The Hall–Kier alpha value is -4.33. The number of hydrogen-bond acceptors (Lipinski definition) is 11. The van der Waals surface area contributed by atoms with E-state index in [4.69, 9.17) is 15.2 Å². The Morgan fingerprint density at radius 3 is 2.80 bits per heavy atom. The molecule has 206 valence electrons. The summed E-state index contributed by atoms with van der Waals surface area (Å²) < 4.78 is 15.4. The Labute approximate surface area is 228 Å². The second kappa shape index (κ2) is 9.70. The van der Waals surface area contributed by atoms with Crippen LogP contribution in [0.15, 0.2) is 49.1 Å². The highest BCUT2D eigenvalue weighted by atomic mass is 16.6. The maximum atomic E-state index is 11.0. The number of benzene rings is 1. The van der Waals surface area contributed by atoms with Crippen LogP contribution < -0.4 is 15.8 Å².